The van der Waals surface area contributed by atoms with Gasteiger partial charge in [0, 0.05) is 42.6 Å². The summed E-state index contributed by atoms with van der Waals surface area (Å²) in [7, 11) is 0. The van der Waals surface area contributed by atoms with Crippen LogP contribution in [0.5, 0.6) is 0 Å². The van der Waals surface area contributed by atoms with E-state index in [0.29, 0.717) is 29.1 Å². The highest BCUT2D eigenvalue weighted by Crippen LogP contribution is 2.31. The molecule has 1 atom stereocenters. The van der Waals surface area contributed by atoms with Gasteiger partial charge in [-0.2, -0.15) is 5.26 Å². The third-order valence-corrected chi connectivity index (χ3v) is 4.91. The molecule has 1 aliphatic heterocycles. The maximum atomic E-state index is 9.63. The third kappa shape index (κ3) is 3.92. The number of benzene rings is 1. The molecular formula is C21H23N7O. The van der Waals surface area contributed by atoms with Crippen LogP contribution in [0.4, 0.5) is 22.9 Å². The zero-order chi connectivity index (χ0) is 20.2. The van der Waals surface area contributed by atoms with E-state index in [0.717, 1.165) is 36.5 Å². The van der Waals surface area contributed by atoms with Gasteiger partial charge in [0.25, 0.3) is 0 Å². The van der Waals surface area contributed by atoms with E-state index in [-0.39, 0.29) is 6.23 Å². The van der Waals surface area contributed by atoms with Crippen molar-refractivity contribution in [3.63, 3.8) is 0 Å². The van der Waals surface area contributed by atoms with Gasteiger partial charge in [0.05, 0.1) is 29.6 Å². The fraction of sp³-hybridized carbons (Fsp3) is 0.286. The second-order valence-electron chi connectivity index (χ2n) is 6.78. The zero-order valence-corrected chi connectivity index (χ0v) is 16.2. The molecule has 0 radical (unpaired) electrons. The van der Waals surface area contributed by atoms with Crippen molar-refractivity contribution in [2.45, 2.75) is 13.2 Å². The molecule has 4 rings (SSSR count). The van der Waals surface area contributed by atoms with E-state index in [4.69, 9.17) is 10.5 Å². The Balaban J connectivity index is 1.78. The van der Waals surface area contributed by atoms with Crippen molar-refractivity contribution in [2.75, 3.05) is 42.2 Å². The highest BCUT2D eigenvalue weighted by Gasteiger charge is 2.22. The number of morpholine rings is 1. The number of hydrogen-bond acceptors (Lipinski definition) is 8. The lowest BCUT2D eigenvalue weighted by Gasteiger charge is -2.34. The fourth-order valence-corrected chi connectivity index (χ4v) is 3.49. The number of aromatic nitrogens is 2. The second kappa shape index (κ2) is 8.31. The number of anilines is 4. The highest BCUT2D eigenvalue weighted by atomic mass is 16.5. The quantitative estimate of drug-likeness (QED) is 0.571. The number of fused-ring (bicyclic) bond motifs is 1. The third-order valence-electron chi connectivity index (χ3n) is 4.91. The van der Waals surface area contributed by atoms with Crippen LogP contribution in [0, 0.1) is 11.3 Å². The van der Waals surface area contributed by atoms with Crippen molar-refractivity contribution in [3.8, 4) is 6.07 Å². The second-order valence-corrected chi connectivity index (χ2v) is 6.78. The Kier molecular flexibility index (Phi) is 5.42. The van der Waals surface area contributed by atoms with Crippen LogP contribution < -0.4 is 21.3 Å². The van der Waals surface area contributed by atoms with Gasteiger partial charge in [0.2, 0.25) is 0 Å². The smallest absolute Gasteiger partial charge is 0.143 e. The van der Waals surface area contributed by atoms with Crippen molar-refractivity contribution in [2.24, 2.45) is 0 Å². The number of nitrogen functional groups attached to an aromatic ring is 1. The number of nitrogens with zero attached hydrogens (tertiary/aromatic N) is 4. The molecule has 0 aliphatic carbocycles. The van der Waals surface area contributed by atoms with Gasteiger partial charge in [0.15, 0.2) is 0 Å². The molecule has 0 saturated carbocycles. The molecule has 148 valence electrons. The van der Waals surface area contributed by atoms with E-state index in [2.05, 4.69) is 38.5 Å². The van der Waals surface area contributed by atoms with Crippen LogP contribution in [0.25, 0.3) is 10.9 Å². The van der Waals surface area contributed by atoms with Crippen molar-refractivity contribution in [3.05, 3.63) is 48.3 Å². The Morgan fingerprint density at radius 2 is 2.24 bits per heavy atom. The lowest BCUT2D eigenvalue weighted by molar-refractivity contribution is 0.0268. The topological polar surface area (TPSA) is 112 Å². The predicted octanol–water partition coefficient (Wildman–Crippen LogP) is 2.60. The number of hydrogen-bond donors (Lipinski definition) is 3. The molecule has 3 aromatic rings. The fourth-order valence-electron chi connectivity index (χ4n) is 3.49. The highest BCUT2D eigenvalue weighted by molar-refractivity contribution is 5.96. The lowest BCUT2D eigenvalue weighted by atomic mass is 10.1. The maximum absolute atomic E-state index is 9.63. The van der Waals surface area contributed by atoms with Crippen molar-refractivity contribution >= 4 is 33.8 Å². The van der Waals surface area contributed by atoms with Crippen LogP contribution in [0.15, 0.2) is 42.7 Å². The summed E-state index contributed by atoms with van der Waals surface area (Å²) in [5, 5.41) is 17.1. The maximum Gasteiger partial charge on any atom is 0.143 e. The molecule has 1 aliphatic rings. The summed E-state index contributed by atoms with van der Waals surface area (Å²) < 4.78 is 5.91. The van der Waals surface area contributed by atoms with Gasteiger partial charge < -0.3 is 26.0 Å². The minimum Gasteiger partial charge on any atom is -0.399 e. The summed E-state index contributed by atoms with van der Waals surface area (Å²) in [6, 6.07) is 11.6. The van der Waals surface area contributed by atoms with E-state index in [9.17, 15) is 5.26 Å². The Hall–Kier alpha value is -3.41. The Morgan fingerprint density at radius 1 is 1.34 bits per heavy atom. The number of ether oxygens (including phenoxy) is 1. The number of nitriles is 1. The number of nitrogens with two attached hydrogens (primary N) is 1. The normalized spacial score (nSPS) is 16.3. The predicted molar refractivity (Wildman–Crippen MR) is 114 cm³/mol. The molecule has 2 aromatic heterocycles. The van der Waals surface area contributed by atoms with Crippen molar-refractivity contribution < 1.29 is 4.74 Å². The minimum absolute atomic E-state index is 0.0869. The lowest BCUT2D eigenvalue weighted by Crippen LogP contribution is -2.49. The van der Waals surface area contributed by atoms with E-state index in [1.807, 2.05) is 30.3 Å². The summed E-state index contributed by atoms with van der Waals surface area (Å²) in [5.74, 6) is 0.779. The van der Waals surface area contributed by atoms with E-state index in [1.165, 1.54) is 0 Å². The zero-order valence-electron chi connectivity index (χ0n) is 16.2. The molecule has 4 N–H and O–H groups in total. The largest absolute Gasteiger partial charge is 0.399 e. The molecular weight excluding hydrogens is 366 g/mol. The number of likely N-dealkylation sites (N-methyl/N-ethyl adjacent to an activating group) is 1. The first-order valence-electron chi connectivity index (χ1n) is 9.60. The van der Waals surface area contributed by atoms with Gasteiger partial charge in [0.1, 0.15) is 18.1 Å². The molecule has 0 spiro atoms. The molecule has 0 bridgehead atoms. The Labute approximate surface area is 169 Å². The molecule has 0 amide bonds. The van der Waals surface area contributed by atoms with Crippen LogP contribution in [-0.4, -0.2) is 42.4 Å². The Bertz CT molecular complexity index is 1060. The first-order chi connectivity index (χ1) is 14.2. The first-order valence-corrected chi connectivity index (χ1v) is 9.60. The number of rotatable bonds is 5. The summed E-state index contributed by atoms with van der Waals surface area (Å²) in [4.78, 5) is 11.1. The molecule has 8 heteroatoms. The van der Waals surface area contributed by atoms with Gasteiger partial charge in [-0.15, -0.1) is 0 Å². The first kappa shape index (κ1) is 18.9. The summed E-state index contributed by atoms with van der Waals surface area (Å²) >= 11 is 0. The molecule has 1 fully saturated rings. The molecule has 1 aromatic carbocycles. The van der Waals surface area contributed by atoms with Gasteiger partial charge in [-0.1, -0.05) is 6.07 Å². The molecule has 8 nitrogen and oxygen atoms in total. The summed E-state index contributed by atoms with van der Waals surface area (Å²) in [5.41, 5.74) is 9.20. The average Bonchev–Trinajstić information content (AvgIpc) is 2.75. The van der Waals surface area contributed by atoms with Crippen LogP contribution in [0.1, 0.15) is 12.5 Å². The van der Waals surface area contributed by atoms with E-state index >= 15 is 0 Å². The van der Waals surface area contributed by atoms with Crippen molar-refractivity contribution in [1.82, 2.24) is 15.3 Å². The number of nitrogens with one attached hydrogen (secondary N) is 2. The van der Waals surface area contributed by atoms with Gasteiger partial charge in [-0.25, -0.2) is 4.98 Å². The standard InChI is InChI=1S/C21H23N7O/c1-2-28(20-13-24-6-7-29-20)19-9-17-18(12-26-19)25-11-14(10-22)21(17)27-16-5-3-4-15(23)8-16/h3-5,8-9,11-12,20,24H,2,6-7,13,23H2,1H3,(H,25,27). The van der Waals surface area contributed by atoms with Crippen LogP contribution in [-0.2, 0) is 4.74 Å². The van der Waals surface area contributed by atoms with Crippen LogP contribution >= 0.6 is 0 Å². The van der Waals surface area contributed by atoms with Gasteiger partial charge in [-0.05, 0) is 31.2 Å². The Morgan fingerprint density at radius 3 is 2.97 bits per heavy atom. The van der Waals surface area contributed by atoms with E-state index in [1.54, 1.807) is 12.4 Å². The van der Waals surface area contributed by atoms with Gasteiger partial charge >= 0.3 is 0 Å². The minimum atomic E-state index is -0.0869. The van der Waals surface area contributed by atoms with Crippen molar-refractivity contribution in [1.29, 1.82) is 5.26 Å². The molecule has 29 heavy (non-hydrogen) atoms. The summed E-state index contributed by atoms with van der Waals surface area (Å²) in [6.45, 7) is 5.06. The molecule has 3 heterocycles. The molecule has 1 unspecified atom stereocenters. The van der Waals surface area contributed by atoms with Gasteiger partial charge in [-0.3, -0.25) is 4.98 Å². The van der Waals surface area contributed by atoms with Crippen LogP contribution in [0.3, 0.4) is 0 Å². The SMILES string of the molecule is CCN(c1cc2c(Nc3cccc(N)c3)c(C#N)cnc2cn1)C1CNCCO1. The number of pyridine rings is 2. The van der Waals surface area contributed by atoms with E-state index < -0.39 is 0 Å². The summed E-state index contributed by atoms with van der Waals surface area (Å²) in [6.07, 6.45) is 3.20. The monoisotopic (exact) mass is 389 g/mol. The molecule has 1 saturated heterocycles. The van der Waals surface area contributed by atoms with Crippen LogP contribution in [0.2, 0.25) is 0 Å². The average molecular weight is 389 g/mol.